The van der Waals surface area contributed by atoms with Crippen LogP contribution in [0.3, 0.4) is 0 Å². The first-order valence-corrected chi connectivity index (χ1v) is 10.6. The number of nitrogens with one attached hydrogen (secondary N) is 2. The van der Waals surface area contributed by atoms with Gasteiger partial charge < -0.3 is 15.5 Å². The quantitative estimate of drug-likeness (QED) is 0.722. The van der Waals surface area contributed by atoms with Crippen molar-refractivity contribution in [3.05, 3.63) is 30.3 Å². The number of benzene rings is 1. The molecule has 146 valence electrons. The van der Waals surface area contributed by atoms with Gasteiger partial charge in [-0.1, -0.05) is 25.1 Å². The van der Waals surface area contributed by atoms with Gasteiger partial charge in [0.05, 0.1) is 4.90 Å². The molecule has 9 heteroatoms. The highest BCUT2D eigenvalue weighted by Crippen LogP contribution is 2.23. The fourth-order valence-corrected chi connectivity index (χ4v) is 4.74. The minimum absolute atomic E-state index is 0.0952. The molecule has 2 heterocycles. The van der Waals surface area contributed by atoms with Gasteiger partial charge in [-0.2, -0.15) is 0 Å². The van der Waals surface area contributed by atoms with E-state index in [0.717, 1.165) is 0 Å². The van der Waals surface area contributed by atoms with E-state index >= 15 is 0 Å². The molecule has 0 saturated carbocycles. The molecule has 3 amide bonds. The average Bonchev–Trinajstić information content (AvgIpc) is 2.65. The van der Waals surface area contributed by atoms with Crippen molar-refractivity contribution in [2.24, 2.45) is 0 Å². The number of piperazine rings is 1. The third-order valence-electron chi connectivity index (χ3n) is 5.00. The van der Waals surface area contributed by atoms with Crippen molar-refractivity contribution in [1.29, 1.82) is 0 Å². The van der Waals surface area contributed by atoms with Gasteiger partial charge in [-0.3, -0.25) is 14.4 Å². The van der Waals surface area contributed by atoms with E-state index in [2.05, 4.69) is 10.6 Å². The Bertz CT molecular complexity index is 840. The maximum atomic E-state index is 12.4. The highest BCUT2D eigenvalue weighted by molar-refractivity contribution is 7.92. The molecule has 8 nitrogen and oxygen atoms in total. The van der Waals surface area contributed by atoms with E-state index in [9.17, 15) is 22.8 Å². The van der Waals surface area contributed by atoms with Crippen molar-refractivity contribution in [2.45, 2.75) is 49.2 Å². The molecule has 0 spiro atoms. The molecular weight excluding hydrogens is 370 g/mol. The molecule has 0 aliphatic carbocycles. The third kappa shape index (κ3) is 4.13. The molecule has 0 bridgehead atoms. The zero-order valence-corrected chi connectivity index (χ0v) is 15.9. The van der Waals surface area contributed by atoms with Crippen LogP contribution in [0.4, 0.5) is 0 Å². The summed E-state index contributed by atoms with van der Waals surface area (Å²) in [7, 11) is -3.72. The van der Waals surface area contributed by atoms with E-state index < -0.39 is 33.6 Å². The highest BCUT2D eigenvalue weighted by Gasteiger charge is 2.43. The van der Waals surface area contributed by atoms with Gasteiger partial charge in [0.2, 0.25) is 17.7 Å². The number of piperidine rings is 1. The zero-order valence-electron chi connectivity index (χ0n) is 15.1. The lowest BCUT2D eigenvalue weighted by atomic mass is 9.92. The van der Waals surface area contributed by atoms with Crippen LogP contribution in [-0.4, -0.2) is 61.5 Å². The lowest BCUT2D eigenvalue weighted by Crippen LogP contribution is -2.66. The van der Waals surface area contributed by atoms with Crippen molar-refractivity contribution in [2.75, 3.05) is 12.3 Å². The van der Waals surface area contributed by atoms with Crippen LogP contribution in [0, 0.1) is 0 Å². The molecular formula is C18H23N3O5S. The Morgan fingerprint density at radius 2 is 1.96 bits per heavy atom. The second-order valence-electron chi connectivity index (χ2n) is 6.88. The predicted octanol–water partition coefficient (Wildman–Crippen LogP) is -0.155. The largest absolute Gasteiger partial charge is 0.352 e. The molecule has 0 radical (unpaired) electrons. The van der Waals surface area contributed by atoms with Crippen molar-refractivity contribution in [3.63, 3.8) is 0 Å². The fraction of sp³-hybridized carbons (Fsp3) is 0.500. The first kappa shape index (κ1) is 19.3. The number of hydrogen-bond donors (Lipinski definition) is 2. The number of carbonyl (C=O) groups is 3. The second kappa shape index (κ2) is 7.67. The van der Waals surface area contributed by atoms with Gasteiger partial charge >= 0.3 is 0 Å². The minimum atomic E-state index is -3.72. The van der Waals surface area contributed by atoms with Crippen molar-refractivity contribution >= 4 is 27.6 Å². The van der Waals surface area contributed by atoms with Crippen LogP contribution in [0.1, 0.15) is 26.2 Å². The molecule has 2 aliphatic heterocycles. The van der Waals surface area contributed by atoms with Crippen molar-refractivity contribution in [3.8, 4) is 0 Å². The van der Waals surface area contributed by atoms with E-state index in [0.29, 0.717) is 19.4 Å². The molecule has 3 rings (SSSR count). The van der Waals surface area contributed by atoms with Crippen molar-refractivity contribution < 1.29 is 22.8 Å². The number of rotatable bonds is 5. The molecule has 3 atom stereocenters. The van der Waals surface area contributed by atoms with Gasteiger partial charge in [0.25, 0.3) is 0 Å². The van der Waals surface area contributed by atoms with E-state index in [1.54, 1.807) is 23.1 Å². The number of hydrogen-bond acceptors (Lipinski definition) is 5. The first-order chi connectivity index (χ1) is 12.8. The summed E-state index contributed by atoms with van der Waals surface area (Å²) in [5.41, 5.74) is 0. The molecule has 2 N–H and O–H groups in total. The number of nitrogens with zero attached hydrogens (tertiary/aromatic N) is 1. The maximum Gasteiger partial charge on any atom is 0.245 e. The molecule has 2 aliphatic rings. The average molecular weight is 393 g/mol. The zero-order chi connectivity index (χ0) is 19.6. The summed E-state index contributed by atoms with van der Waals surface area (Å²) in [5.74, 6) is -1.58. The second-order valence-corrected chi connectivity index (χ2v) is 8.87. The minimum Gasteiger partial charge on any atom is -0.352 e. The summed E-state index contributed by atoms with van der Waals surface area (Å²) in [6.45, 7) is 2.20. The molecule has 0 aromatic heterocycles. The van der Waals surface area contributed by atoms with Gasteiger partial charge in [0.15, 0.2) is 9.84 Å². The van der Waals surface area contributed by atoms with E-state index in [1.165, 1.54) is 12.1 Å². The smallest absolute Gasteiger partial charge is 0.245 e. The SMILES string of the molecule is CC[C@H]1NC(=O)[C@@H]2C[C@@H](NC(=O)CS(=O)(=O)c3ccccc3)CCN2C1=O. The predicted molar refractivity (Wildman–Crippen MR) is 97.4 cm³/mol. The Balaban J connectivity index is 1.60. The van der Waals surface area contributed by atoms with Crippen molar-refractivity contribution in [1.82, 2.24) is 15.5 Å². The van der Waals surface area contributed by atoms with E-state index in [-0.39, 0.29) is 29.2 Å². The lowest BCUT2D eigenvalue weighted by Gasteiger charge is -2.44. The summed E-state index contributed by atoms with van der Waals surface area (Å²) in [4.78, 5) is 38.5. The topological polar surface area (TPSA) is 113 Å². The Kier molecular flexibility index (Phi) is 5.50. The van der Waals surface area contributed by atoms with Crippen LogP contribution in [0.15, 0.2) is 35.2 Å². The lowest BCUT2D eigenvalue weighted by molar-refractivity contribution is -0.151. The number of carbonyl (C=O) groups excluding carboxylic acids is 3. The number of fused-ring (bicyclic) bond motifs is 1. The van der Waals surface area contributed by atoms with Gasteiger partial charge in [-0.15, -0.1) is 0 Å². The Labute approximate surface area is 158 Å². The van der Waals surface area contributed by atoms with Gasteiger partial charge in [0.1, 0.15) is 17.8 Å². The van der Waals surface area contributed by atoms with Crippen LogP contribution in [-0.2, 0) is 24.2 Å². The third-order valence-corrected chi connectivity index (χ3v) is 6.63. The normalized spacial score (nSPS) is 25.5. The van der Waals surface area contributed by atoms with Gasteiger partial charge in [-0.25, -0.2) is 8.42 Å². The maximum absolute atomic E-state index is 12.4. The van der Waals surface area contributed by atoms with Gasteiger partial charge in [-0.05, 0) is 31.4 Å². The monoisotopic (exact) mass is 393 g/mol. The Morgan fingerprint density at radius 1 is 1.26 bits per heavy atom. The summed E-state index contributed by atoms with van der Waals surface area (Å²) >= 11 is 0. The van der Waals surface area contributed by atoms with Crippen LogP contribution < -0.4 is 10.6 Å². The standard InChI is InChI=1S/C18H23N3O5S/c1-2-14-18(24)21-9-8-12(10-15(21)17(23)20-14)19-16(22)11-27(25,26)13-6-4-3-5-7-13/h3-7,12,14-15H,2,8-11H2,1H3,(H,19,22)(H,20,23)/t12-,14+,15-/m0/s1. The Morgan fingerprint density at radius 3 is 2.63 bits per heavy atom. The van der Waals surface area contributed by atoms with Crippen LogP contribution in [0.2, 0.25) is 0 Å². The van der Waals surface area contributed by atoms with E-state index in [1.807, 2.05) is 6.92 Å². The summed E-state index contributed by atoms with van der Waals surface area (Å²) in [6, 6.07) is 6.34. The highest BCUT2D eigenvalue weighted by atomic mass is 32.2. The summed E-state index contributed by atoms with van der Waals surface area (Å²) < 4.78 is 24.6. The van der Waals surface area contributed by atoms with Crippen LogP contribution in [0.25, 0.3) is 0 Å². The first-order valence-electron chi connectivity index (χ1n) is 9.00. The molecule has 27 heavy (non-hydrogen) atoms. The summed E-state index contributed by atoms with van der Waals surface area (Å²) in [5, 5.41) is 5.41. The molecule has 1 aromatic carbocycles. The molecule has 1 aromatic rings. The molecule has 2 fully saturated rings. The van der Waals surface area contributed by atoms with E-state index in [4.69, 9.17) is 0 Å². The molecule has 0 unspecified atom stereocenters. The molecule has 2 saturated heterocycles. The summed E-state index contributed by atoms with van der Waals surface area (Å²) in [6.07, 6.45) is 1.31. The van der Waals surface area contributed by atoms with Crippen LogP contribution in [0.5, 0.6) is 0 Å². The van der Waals surface area contributed by atoms with Crippen LogP contribution >= 0.6 is 0 Å². The fourth-order valence-electron chi connectivity index (χ4n) is 3.57. The number of sulfone groups is 1. The Hall–Kier alpha value is -2.42. The number of amides is 3. The van der Waals surface area contributed by atoms with Gasteiger partial charge in [0, 0.05) is 12.6 Å².